The van der Waals surface area contributed by atoms with Crippen LogP contribution in [0.1, 0.15) is 0 Å². The number of aliphatic hydroxyl groups excluding tert-OH is 1. The molecule has 1 rings (SSSR count). The first kappa shape index (κ1) is 5.75. The summed E-state index contributed by atoms with van der Waals surface area (Å²) in [6.45, 7) is 1.00. The summed E-state index contributed by atoms with van der Waals surface area (Å²) in [6, 6.07) is 0.101. The molecule has 0 aromatic heterocycles. The molecule has 0 spiro atoms. The summed E-state index contributed by atoms with van der Waals surface area (Å²) in [5.41, 5.74) is 5.77. The first-order valence-corrected chi connectivity index (χ1v) is 2.69. The van der Waals surface area contributed by atoms with Gasteiger partial charge in [0.15, 0.2) is 0 Å². The fourth-order valence-corrected chi connectivity index (χ4v) is 0.636. The lowest BCUT2D eigenvalue weighted by atomic mass is 10.3. The summed E-state index contributed by atoms with van der Waals surface area (Å²) < 4.78 is 0. The van der Waals surface area contributed by atoms with Crippen molar-refractivity contribution >= 4 is 0 Å². The fraction of sp³-hybridized carbons (Fsp3) is 0.600. The van der Waals surface area contributed by atoms with Gasteiger partial charge >= 0.3 is 0 Å². The molecule has 0 fully saturated rings. The van der Waals surface area contributed by atoms with Crippen LogP contribution in [-0.2, 0) is 0 Å². The van der Waals surface area contributed by atoms with E-state index in [9.17, 15) is 0 Å². The first-order valence-electron chi connectivity index (χ1n) is 2.69. The molecular weight excluding hydrogens is 104 g/mol. The van der Waals surface area contributed by atoms with Crippen LogP contribution >= 0.6 is 0 Å². The van der Waals surface area contributed by atoms with Gasteiger partial charge in [0.25, 0.3) is 0 Å². The quantitative estimate of drug-likeness (QED) is 0.383. The van der Waals surface area contributed by atoms with Crippen molar-refractivity contribution in [2.45, 2.75) is 6.04 Å². The van der Waals surface area contributed by atoms with Gasteiger partial charge in [0.05, 0.1) is 12.6 Å². The summed E-state index contributed by atoms with van der Waals surface area (Å²) in [5, 5.41) is 8.54. The number of aliphatic hydroxyl groups is 1. The Morgan fingerprint density at radius 1 is 1.75 bits per heavy atom. The van der Waals surface area contributed by atoms with Crippen molar-refractivity contribution in [3.05, 3.63) is 12.2 Å². The number of hydrogen-bond acceptors (Lipinski definition) is 3. The Morgan fingerprint density at radius 3 is 3.00 bits per heavy atom. The lowest BCUT2D eigenvalue weighted by Crippen LogP contribution is -2.44. The minimum absolute atomic E-state index is 0.101. The van der Waals surface area contributed by atoms with Gasteiger partial charge in [0, 0.05) is 6.54 Å². The van der Waals surface area contributed by atoms with Crippen molar-refractivity contribution in [3.8, 4) is 0 Å². The van der Waals surface area contributed by atoms with Gasteiger partial charge in [-0.05, 0) is 0 Å². The zero-order chi connectivity index (χ0) is 5.82. The average Bonchev–Trinajstić information content (AvgIpc) is 1.90. The van der Waals surface area contributed by atoms with Crippen molar-refractivity contribution in [2.24, 2.45) is 0 Å². The summed E-state index contributed by atoms with van der Waals surface area (Å²) >= 11 is 0. The monoisotopic (exact) mass is 114 g/mol. The van der Waals surface area contributed by atoms with Gasteiger partial charge in [-0.3, -0.25) is 5.43 Å². The summed E-state index contributed by atoms with van der Waals surface area (Å²) in [6.07, 6.45) is 3.92. The molecule has 8 heavy (non-hydrogen) atoms. The van der Waals surface area contributed by atoms with Crippen molar-refractivity contribution < 1.29 is 5.11 Å². The zero-order valence-electron chi connectivity index (χ0n) is 4.59. The van der Waals surface area contributed by atoms with Crippen molar-refractivity contribution in [3.63, 3.8) is 0 Å². The number of hydrazine groups is 1. The van der Waals surface area contributed by atoms with Gasteiger partial charge in [-0.15, -0.1) is 0 Å². The maximum Gasteiger partial charge on any atom is 0.0633 e. The van der Waals surface area contributed by atoms with Gasteiger partial charge < -0.3 is 5.11 Å². The molecule has 1 heterocycles. The molecule has 1 atom stereocenters. The van der Waals surface area contributed by atoms with E-state index in [0.717, 1.165) is 6.54 Å². The largest absolute Gasteiger partial charge is 0.394 e. The van der Waals surface area contributed by atoms with Crippen LogP contribution in [-0.4, -0.2) is 24.3 Å². The Bertz CT molecular complexity index is 92.4. The van der Waals surface area contributed by atoms with Gasteiger partial charge in [-0.25, -0.2) is 5.43 Å². The lowest BCUT2D eigenvalue weighted by molar-refractivity contribution is 0.250. The van der Waals surface area contributed by atoms with Crippen LogP contribution in [0, 0.1) is 0 Å². The van der Waals surface area contributed by atoms with Crippen LogP contribution in [0.25, 0.3) is 0 Å². The highest BCUT2D eigenvalue weighted by atomic mass is 16.3. The van der Waals surface area contributed by atoms with Gasteiger partial charge in [0.2, 0.25) is 0 Å². The van der Waals surface area contributed by atoms with Crippen molar-refractivity contribution in [1.82, 2.24) is 10.9 Å². The molecule has 3 nitrogen and oxygen atoms in total. The van der Waals surface area contributed by atoms with Crippen LogP contribution in [0.2, 0.25) is 0 Å². The number of hydrogen-bond donors (Lipinski definition) is 3. The highest BCUT2D eigenvalue weighted by Crippen LogP contribution is 1.86. The van der Waals surface area contributed by atoms with E-state index in [2.05, 4.69) is 10.9 Å². The summed E-state index contributed by atoms with van der Waals surface area (Å²) in [5.74, 6) is 0. The minimum atomic E-state index is 0.101. The van der Waals surface area contributed by atoms with E-state index >= 15 is 0 Å². The van der Waals surface area contributed by atoms with Gasteiger partial charge in [-0.2, -0.15) is 0 Å². The molecule has 0 aromatic carbocycles. The fourth-order valence-electron chi connectivity index (χ4n) is 0.636. The summed E-state index contributed by atoms with van der Waals surface area (Å²) in [7, 11) is 0. The maximum absolute atomic E-state index is 8.54. The topological polar surface area (TPSA) is 44.3 Å². The number of rotatable bonds is 1. The molecule has 1 aliphatic rings. The molecular formula is C5H10N2O. The summed E-state index contributed by atoms with van der Waals surface area (Å²) in [4.78, 5) is 0. The highest BCUT2D eigenvalue weighted by Gasteiger charge is 2.02. The van der Waals surface area contributed by atoms with Crippen molar-refractivity contribution in [1.29, 1.82) is 0 Å². The number of nitrogens with one attached hydrogen (secondary N) is 2. The molecule has 46 valence electrons. The molecule has 0 saturated carbocycles. The molecule has 0 radical (unpaired) electrons. The standard InChI is InChI=1S/C5H10N2O/c8-4-5-2-1-3-6-7-5/h1-2,5-8H,3-4H2/t5-/m0/s1. The molecule has 3 N–H and O–H groups in total. The molecule has 0 bridgehead atoms. The third-order valence-electron chi connectivity index (χ3n) is 1.07. The SMILES string of the molecule is OC[C@@H]1C=CCNN1. The Labute approximate surface area is 48.4 Å². The van der Waals surface area contributed by atoms with Crippen LogP contribution in [0.5, 0.6) is 0 Å². The van der Waals surface area contributed by atoms with Crippen LogP contribution in [0.15, 0.2) is 12.2 Å². The molecule has 0 aliphatic carbocycles. The normalized spacial score (nSPS) is 28.4. The van der Waals surface area contributed by atoms with E-state index in [-0.39, 0.29) is 12.6 Å². The second-order valence-electron chi connectivity index (χ2n) is 1.74. The second kappa shape index (κ2) is 2.81. The lowest BCUT2D eigenvalue weighted by Gasteiger charge is -2.15. The molecule has 0 unspecified atom stereocenters. The Morgan fingerprint density at radius 2 is 2.62 bits per heavy atom. The maximum atomic E-state index is 8.54. The van der Waals surface area contributed by atoms with Crippen LogP contribution in [0.3, 0.4) is 0 Å². The smallest absolute Gasteiger partial charge is 0.0633 e. The minimum Gasteiger partial charge on any atom is -0.394 e. The third kappa shape index (κ3) is 1.30. The first-order chi connectivity index (χ1) is 3.93. The van der Waals surface area contributed by atoms with E-state index in [1.807, 2.05) is 12.2 Å². The molecule has 0 aromatic rings. The van der Waals surface area contributed by atoms with E-state index in [4.69, 9.17) is 5.11 Å². The Hall–Kier alpha value is -0.380. The van der Waals surface area contributed by atoms with Gasteiger partial charge in [-0.1, -0.05) is 12.2 Å². The Balaban J connectivity index is 2.32. The van der Waals surface area contributed by atoms with Crippen LogP contribution in [0.4, 0.5) is 0 Å². The average molecular weight is 114 g/mol. The van der Waals surface area contributed by atoms with E-state index in [0.29, 0.717) is 0 Å². The molecule has 0 amide bonds. The third-order valence-corrected chi connectivity index (χ3v) is 1.07. The van der Waals surface area contributed by atoms with E-state index < -0.39 is 0 Å². The second-order valence-corrected chi connectivity index (χ2v) is 1.74. The predicted molar refractivity (Wildman–Crippen MR) is 31.2 cm³/mol. The Kier molecular flexibility index (Phi) is 2.02. The molecule has 1 aliphatic heterocycles. The molecule has 3 heteroatoms. The zero-order valence-corrected chi connectivity index (χ0v) is 4.59. The van der Waals surface area contributed by atoms with Crippen LogP contribution < -0.4 is 10.9 Å². The predicted octanol–water partition coefficient (Wildman–Crippen LogP) is -0.989. The highest BCUT2D eigenvalue weighted by molar-refractivity contribution is 4.96. The van der Waals surface area contributed by atoms with Crippen molar-refractivity contribution in [2.75, 3.05) is 13.2 Å². The van der Waals surface area contributed by atoms with E-state index in [1.54, 1.807) is 0 Å². The van der Waals surface area contributed by atoms with Gasteiger partial charge in [0.1, 0.15) is 0 Å². The molecule has 0 saturated heterocycles. The van der Waals surface area contributed by atoms with E-state index in [1.165, 1.54) is 0 Å².